The van der Waals surface area contributed by atoms with Gasteiger partial charge in [0.25, 0.3) is 0 Å². The topological polar surface area (TPSA) is 24.5 Å². The molecule has 1 saturated heterocycles. The molecule has 0 aliphatic carbocycles. The molecule has 20 heavy (non-hydrogen) atoms. The van der Waals surface area contributed by atoms with E-state index < -0.39 is 0 Å². The highest BCUT2D eigenvalue weighted by molar-refractivity contribution is 5.55. The molecule has 1 aliphatic rings. The molecule has 0 radical (unpaired) electrons. The highest BCUT2D eigenvalue weighted by Crippen LogP contribution is 2.28. The second kappa shape index (κ2) is 7.04. The van der Waals surface area contributed by atoms with Crippen molar-refractivity contribution in [1.82, 2.24) is 5.32 Å². The summed E-state index contributed by atoms with van der Waals surface area (Å²) in [5, 5.41) is 3.37. The third kappa shape index (κ3) is 3.70. The summed E-state index contributed by atoms with van der Waals surface area (Å²) in [6.45, 7) is 6.42. The van der Waals surface area contributed by atoms with E-state index in [1.165, 1.54) is 0 Å². The van der Waals surface area contributed by atoms with Crippen LogP contribution in [0.2, 0.25) is 0 Å². The molecular formula is C16H25FN2O. The van der Waals surface area contributed by atoms with Crippen molar-refractivity contribution in [3.8, 4) is 0 Å². The van der Waals surface area contributed by atoms with Gasteiger partial charge in [0.1, 0.15) is 5.82 Å². The zero-order chi connectivity index (χ0) is 14.5. The second-order valence-electron chi connectivity index (χ2n) is 5.74. The first-order valence-electron chi connectivity index (χ1n) is 7.41. The van der Waals surface area contributed by atoms with E-state index in [0.717, 1.165) is 37.3 Å². The molecular weight excluding hydrogens is 255 g/mol. The molecule has 0 atom stereocenters. The lowest BCUT2D eigenvalue weighted by molar-refractivity contribution is 0.0853. The van der Waals surface area contributed by atoms with Gasteiger partial charge in [0.15, 0.2) is 0 Å². The van der Waals surface area contributed by atoms with Crippen LogP contribution in [0.1, 0.15) is 32.3 Å². The van der Waals surface area contributed by atoms with Crippen molar-refractivity contribution >= 4 is 5.69 Å². The summed E-state index contributed by atoms with van der Waals surface area (Å²) in [6, 6.07) is 6.08. The van der Waals surface area contributed by atoms with Crippen LogP contribution in [0.5, 0.6) is 0 Å². The fourth-order valence-corrected chi connectivity index (χ4v) is 2.67. The van der Waals surface area contributed by atoms with Gasteiger partial charge in [-0.15, -0.1) is 0 Å². The molecule has 1 aromatic carbocycles. The number of hydrogen-bond acceptors (Lipinski definition) is 3. The lowest BCUT2D eigenvalue weighted by Crippen LogP contribution is -2.38. The van der Waals surface area contributed by atoms with Crippen molar-refractivity contribution in [3.63, 3.8) is 0 Å². The molecule has 1 N–H and O–H groups in total. The van der Waals surface area contributed by atoms with Crippen LogP contribution in [-0.4, -0.2) is 32.3 Å². The van der Waals surface area contributed by atoms with Crippen LogP contribution >= 0.6 is 0 Å². The summed E-state index contributed by atoms with van der Waals surface area (Å²) >= 11 is 0. The summed E-state index contributed by atoms with van der Waals surface area (Å²) in [7, 11) is 1.99. The van der Waals surface area contributed by atoms with Crippen LogP contribution in [0.25, 0.3) is 0 Å². The standard InChI is InChI=1S/C16H25FN2O/c1-12(2)18-11-13-5-4-6-15(17)16(13)19(3)14-7-9-20-10-8-14/h4-6,12,14,18H,7-11H2,1-3H3. The Hall–Kier alpha value is -1.13. The molecule has 1 aromatic rings. The van der Waals surface area contributed by atoms with E-state index in [1.54, 1.807) is 12.1 Å². The number of halogens is 1. The Morgan fingerprint density at radius 2 is 2.05 bits per heavy atom. The maximum atomic E-state index is 14.3. The van der Waals surface area contributed by atoms with Gasteiger partial charge < -0.3 is 15.0 Å². The predicted octanol–water partition coefficient (Wildman–Crippen LogP) is 2.94. The van der Waals surface area contributed by atoms with Crippen molar-refractivity contribution in [2.75, 3.05) is 25.2 Å². The lowest BCUT2D eigenvalue weighted by Gasteiger charge is -2.34. The summed E-state index contributed by atoms with van der Waals surface area (Å²) in [5.74, 6) is -0.137. The molecule has 4 heteroatoms. The van der Waals surface area contributed by atoms with E-state index in [2.05, 4.69) is 24.1 Å². The summed E-state index contributed by atoms with van der Waals surface area (Å²) < 4.78 is 19.7. The minimum absolute atomic E-state index is 0.137. The van der Waals surface area contributed by atoms with Crippen molar-refractivity contribution in [2.45, 2.75) is 45.3 Å². The lowest BCUT2D eigenvalue weighted by atomic mass is 10.0. The molecule has 112 valence electrons. The highest BCUT2D eigenvalue weighted by Gasteiger charge is 2.22. The van der Waals surface area contributed by atoms with Gasteiger partial charge in [0.2, 0.25) is 0 Å². The molecule has 0 saturated carbocycles. The molecule has 3 nitrogen and oxygen atoms in total. The Morgan fingerprint density at radius 1 is 1.35 bits per heavy atom. The van der Waals surface area contributed by atoms with Gasteiger partial charge in [-0.25, -0.2) is 4.39 Å². The Bertz CT molecular complexity index is 430. The van der Waals surface area contributed by atoms with Crippen LogP contribution < -0.4 is 10.2 Å². The molecule has 0 bridgehead atoms. The van der Waals surface area contributed by atoms with E-state index in [4.69, 9.17) is 4.74 Å². The number of hydrogen-bond donors (Lipinski definition) is 1. The maximum Gasteiger partial charge on any atom is 0.146 e. The molecule has 1 heterocycles. The molecule has 0 aromatic heterocycles. The Labute approximate surface area is 121 Å². The van der Waals surface area contributed by atoms with Gasteiger partial charge in [-0.3, -0.25) is 0 Å². The summed E-state index contributed by atoms with van der Waals surface area (Å²) in [6.07, 6.45) is 1.92. The van der Waals surface area contributed by atoms with Crippen molar-refractivity contribution < 1.29 is 9.13 Å². The van der Waals surface area contributed by atoms with Crippen molar-refractivity contribution in [2.24, 2.45) is 0 Å². The van der Waals surface area contributed by atoms with Crippen molar-refractivity contribution in [3.05, 3.63) is 29.6 Å². The average Bonchev–Trinajstić information content (AvgIpc) is 2.45. The molecule has 1 fully saturated rings. The first-order chi connectivity index (χ1) is 9.59. The molecule has 0 amide bonds. The average molecular weight is 280 g/mol. The number of rotatable bonds is 5. The molecule has 2 rings (SSSR count). The second-order valence-corrected chi connectivity index (χ2v) is 5.74. The van der Waals surface area contributed by atoms with E-state index in [1.807, 2.05) is 13.1 Å². The van der Waals surface area contributed by atoms with Gasteiger partial charge in [-0.1, -0.05) is 26.0 Å². The fourth-order valence-electron chi connectivity index (χ4n) is 2.67. The monoisotopic (exact) mass is 280 g/mol. The van der Waals surface area contributed by atoms with Gasteiger partial charge in [0.05, 0.1) is 5.69 Å². The molecule has 1 aliphatic heterocycles. The summed E-state index contributed by atoms with van der Waals surface area (Å²) in [4.78, 5) is 2.09. The van der Waals surface area contributed by atoms with Gasteiger partial charge in [0, 0.05) is 38.9 Å². The van der Waals surface area contributed by atoms with Gasteiger partial charge in [-0.05, 0) is 24.5 Å². The third-order valence-electron chi connectivity index (χ3n) is 3.86. The number of nitrogens with zero attached hydrogens (tertiary/aromatic N) is 1. The maximum absolute atomic E-state index is 14.3. The Morgan fingerprint density at radius 3 is 2.70 bits per heavy atom. The minimum atomic E-state index is -0.137. The molecule has 0 unspecified atom stereocenters. The predicted molar refractivity (Wildman–Crippen MR) is 80.6 cm³/mol. The van der Waals surface area contributed by atoms with Crippen LogP contribution in [0.4, 0.5) is 10.1 Å². The number of benzene rings is 1. The number of anilines is 1. The quantitative estimate of drug-likeness (QED) is 0.897. The zero-order valence-electron chi connectivity index (χ0n) is 12.7. The first-order valence-corrected chi connectivity index (χ1v) is 7.41. The minimum Gasteiger partial charge on any atom is -0.381 e. The number of ether oxygens (including phenoxy) is 1. The summed E-state index contributed by atoms with van der Waals surface area (Å²) in [5.41, 5.74) is 1.75. The van der Waals surface area contributed by atoms with E-state index in [9.17, 15) is 4.39 Å². The smallest absolute Gasteiger partial charge is 0.146 e. The Balaban J connectivity index is 2.19. The van der Waals surface area contributed by atoms with E-state index >= 15 is 0 Å². The highest BCUT2D eigenvalue weighted by atomic mass is 19.1. The zero-order valence-corrected chi connectivity index (χ0v) is 12.7. The number of nitrogens with one attached hydrogen (secondary N) is 1. The van der Waals surface area contributed by atoms with Gasteiger partial charge in [-0.2, -0.15) is 0 Å². The van der Waals surface area contributed by atoms with Crippen LogP contribution in [0.15, 0.2) is 18.2 Å². The van der Waals surface area contributed by atoms with Gasteiger partial charge >= 0.3 is 0 Å². The van der Waals surface area contributed by atoms with E-state index in [-0.39, 0.29) is 5.82 Å². The van der Waals surface area contributed by atoms with Crippen LogP contribution in [0, 0.1) is 5.82 Å². The van der Waals surface area contributed by atoms with Crippen LogP contribution in [-0.2, 0) is 11.3 Å². The van der Waals surface area contributed by atoms with Crippen molar-refractivity contribution in [1.29, 1.82) is 0 Å². The number of para-hydroxylation sites is 1. The normalized spacial score (nSPS) is 16.6. The largest absolute Gasteiger partial charge is 0.381 e. The van der Waals surface area contributed by atoms with Crippen LogP contribution in [0.3, 0.4) is 0 Å². The SMILES string of the molecule is CC(C)NCc1cccc(F)c1N(C)C1CCOCC1. The third-order valence-corrected chi connectivity index (χ3v) is 3.86. The fraction of sp³-hybridized carbons (Fsp3) is 0.625. The Kier molecular flexibility index (Phi) is 5.38. The first kappa shape index (κ1) is 15.3. The van der Waals surface area contributed by atoms with E-state index in [0.29, 0.717) is 18.6 Å². The molecule has 0 spiro atoms.